The van der Waals surface area contributed by atoms with Crippen LogP contribution in [-0.2, 0) is 17.9 Å². The van der Waals surface area contributed by atoms with Crippen molar-refractivity contribution in [1.82, 2.24) is 20.1 Å². The van der Waals surface area contributed by atoms with Crippen LogP contribution < -0.4 is 5.32 Å². The van der Waals surface area contributed by atoms with Gasteiger partial charge in [-0.25, -0.2) is 0 Å². The lowest BCUT2D eigenvalue weighted by Gasteiger charge is -2.13. The van der Waals surface area contributed by atoms with Crippen LogP contribution in [0, 0.1) is 0 Å². The van der Waals surface area contributed by atoms with Gasteiger partial charge in [0.1, 0.15) is 0 Å². The highest BCUT2D eigenvalue weighted by Gasteiger charge is 2.20. The van der Waals surface area contributed by atoms with E-state index in [9.17, 15) is 4.79 Å². The van der Waals surface area contributed by atoms with E-state index >= 15 is 0 Å². The van der Waals surface area contributed by atoms with Crippen molar-refractivity contribution in [3.8, 4) is 11.4 Å². The highest BCUT2D eigenvalue weighted by Crippen LogP contribution is 2.26. The molecule has 26 heavy (non-hydrogen) atoms. The second kappa shape index (κ2) is 8.67. The Morgan fingerprint density at radius 3 is 2.38 bits per heavy atom. The summed E-state index contributed by atoms with van der Waals surface area (Å²) in [5.74, 6) is 0.818. The highest BCUT2D eigenvalue weighted by molar-refractivity contribution is 8.00. The number of thioether (sulfide) groups is 1. The van der Waals surface area contributed by atoms with Gasteiger partial charge in [-0.2, -0.15) is 0 Å². The van der Waals surface area contributed by atoms with Crippen molar-refractivity contribution in [1.29, 1.82) is 0 Å². The van der Waals surface area contributed by atoms with Crippen LogP contribution in [0.2, 0.25) is 0 Å². The highest BCUT2D eigenvalue weighted by atomic mass is 32.2. The molecule has 5 nitrogen and oxygen atoms in total. The van der Waals surface area contributed by atoms with Gasteiger partial charge in [0.25, 0.3) is 0 Å². The fourth-order valence-electron chi connectivity index (χ4n) is 2.60. The largest absolute Gasteiger partial charge is 0.351 e. The van der Waals surface area contributed by atoms with Crippen molar-refractivity contribution in [3.05, 3.63) is 66.2 Å². The molecule has 6 heteroatoms. The molecule has 1 atom stereocenters. The zero-order valence-corrected chi connectivity index (χ0v) is 15.7. The molecule has 0 radical (unpaired) electrons. The van der Waals surface area contributed by atoms with E-state index in [1.807, 2.05) is 72.2 Å². The number of nitrogens with zero attached hydrogens (tertiary/aromatic N) is 3. The van der Waals surface area contributed by atoms with E-state index in [0.29, 0.717) is 6.54 Å². The molecule has 2 aromatic carbocycles. The van der Waals surface area contributed by atoms with Gasteiger partial charge in [0.15, 0.2) is 11.0 Å². The standard InChI is InChI=1S/C20H22N4OS/c1-3-24-18(17-12-8-5-9-13-17)22-23-20(24)26-15(2)19(25)21-14-16-10-6-4-7-11-16/h4-13,15H,3,14H2,1-2H3,(H,21,25)/t15-/m1/s1. The number of hydrogen-bond acceptors (Lipinski definition) is 4. The van der Waals surface area contributed by atoms with Crippen molar-refractivity contribution in [3.63, 3.8) is 0 Å². The van der Waals surface area contributed by atoms with Crippen LogP contribution >= 0.6 is 11.8 Å². The SMILES string of the molecule is CCn1c(S[C@H](C)C(=O)NCc2ccccc2)nnc1-c1ccccc1. The number of benzene rings is 2. The molecule has 0 aliphatic heterocycles. The summed E-state index contributed by atoms with van der Waals surface area (Å²) in [5.41, 5.74) is 2.11. The summed E-state index contributed by atoms with van der Waals surface area (Å²) in [4.78, 5) is 12.4. The molecule has 0 spiro atoms. The van der Waals surface area contributed by atoms with Crippen LogP contribution in [0.1, 0.15) is 19.4 Å². The Kier molecular flexibility index (Phi) is 6.07. The van der Waals surface area contributed by atoms with Gasteiger partial charge in [0.2, 0.25) is 5.91 Å². The fraction of sp³-hybridized carbons (Fsp3) is 0.250. The lowest BCUT2D eigenvalue weighted by atomic mass is 10.2. The Balaban J connectivity index is 1.66. The van der Waals surface area contributed by atoms with E-state index in [4.69, 9.17) is 0 Å². The summed E-state index contributed by atoms with van der Waals surface area (Å²) in [6.45, 7) is 5.22. The topological polar surface area (TPSA) is 59.8 Å². The molecule has 1 N–H and O–H groups in total. The number of aromatic nitrogens is 3. The van der Waals surface area contributed by atoms with E-state index in [-0.39, 0.29) is 11.2 Å². The van der Waals surface area contributed by atoms with Crippen LogP contribution in [0.15, 0.2) is 65.8 Å². The molecule has 3 rings (SSSR count). The maximum absolute atomic E-state index is 12.4. The third-order valence-electron chi connectivity index (χ3n) is 4.03. The minimum absolute atomic E-state index is 0.00855. The zero-order valence-electron chi connectivity index (χ0n) is 14.9. The van der Waals surface area contributed by atoms with E-state index < -0.39 is 0 Å². The summed E-state index contributed by atoms with van der Waals surface area (Å²) >= 11 is 1.43. The van der Waals surface area contributed by atoms with Crippen molar-refractivity contribution in [2.75, 3.05) is 0 Å². The molecule has 0 fully saturated rings. The Morgan fingerprint density at radius 2 is 1.73 bits per heavy atom. The molecule has 134 valence electrons. The Morgan fingerprint density at radius 1 is 1.08 bits per heavy atom. The van der Waals surface area contributed by atoms with Gasteiger partial charge in [-0.1, -0.05) is 72.4 Å². The first-order valence-electron chi connectivity index (χ1n) is 8.66. The van der Waals surface area contributed by atoms with E-state index in [1.54, 1.807) is 0 Å². The van der Waals surface area contributed by atoms with Gasteiger partial charge >= 0.3 is 0 Å². The Labute approximate surface area is 157 Å². The number of carbonyl (C=O) groups excluding carboxylic acids is 1. The smallest absolute Gasteiger partial charge is 0.233 e. The third kappa shape index (κ3) is 4.32. The van der Waals surface area contributed by atoms with E-state index in [1.165, 1.54) is 11.8 Å². The molecule has 1 aromatic heterocycles. The molecule has 1 heterocycles. The zero-order chi connectivity index (χ0) is 18.4. The molecular formula is C20H22N4OS. The van der Waals surface area contributed by atoms with Gasteiger partial charge in [-0.3, -0.25) is 4.79 Å². The van der Waals surface area contributed by atoms with Crippen LogP contribution in [0.5, 0.6) is 0 Å². The second-order valence-electron chi connectivity index (χ2n) is 5.88. The minimum Gasteiger partial charge on any atom is -0.351 e. The van der Waals surface area contributed by atoms with Gasteiger partial charge in [0, 0.05) is 18.7 Å². The third-order valence-corrected chi connectivity index (χ3v) is 5.11. The van der Waals surface area contributed by atoms with Crippen molar-refractivity contribution >= 4 is 17.7 Å². The average molecular weight is 366 g/mol. The van der Waals surface area contributed by atoms with Crippen molar-refractivity contribution in [2.24, 2.45) is 0 Å². The monoisotopic (exact) mass is 366 g/mol. The number of amides is 1. The van der Waals surface area contributed by atoms with Gasteiger partial charge < -0.3 is 9.88 Å². The molecule has 0 aliphatic carbocycles. The molecule has 3 aromatic rings. The summed E-state index contributed by atoms with van der Waals surface area (Å²) in [5, 5.41) is 12.1. The summed E-state index contributed by atoms with van der Waals surface area (Å²) in [7, 11) is 0. The Bertz CT molecular complexity index is 849. The summed E-state index contributed by atoms with van der Waals surface area (Å²) < 4.78 is 2.04. The van der Waals surface area contributed by atoms with Gasteiger partial charge in [-0.05, 0) is 19.4 Å². The first-order chi connectivity index (χ1) is 12.7. The molecule has 0 bridgehead atoms. The fourth-order valence-corrected chi connectivity index (χ4v) is 3.54. The summed E-state index contributed by atoms with van der Waals surface area (Å²) in [6.07, 6.45) is 0. The minimum atomic E-state index is -0.253. The molecule has 0 aliphatic rings. The lowest BCUT2D eigenvalue weighted by Crippen LogP contribution is -2.30. The molecule has 0 saturated carbocycles. The quantitative estimate of drug-likeness (QED) is 0.647. The predicted octanol–water partition coefficient (Wildman–Crippen LogP) is 3.76. The number of nitrogens with one attached hydrogen (secondary N) is 1. The maximum atomic E-state index is 12.4. The van der Waals surface area contributed by atoms with Crippen LogP contribution in [-0.4, -0.2) is 25.9 Å². The van der Waals surface area contributed by atoms with E-state index in [2.05, 4.69) is 22.4 Å². The number of carbonyl (C=O) groups is 1. The molecule has 0 saturated heterocycles. The number of rotatable bonds is 7. The predicted molar refractivity (Wildman–Crippen MR) is 105 cm³/mol. The van der Waals surface area contributed by atoms with Gasteiger partial charge in [-0.15, -0.1) is 10.2 Å². The lowest BCUT2D eigenvalue weighted by molar-refractivity contribution is -0.120. The maximum Gasteiger partial charge on any atom is 0.233 e. The van der Waals surface area contributed by atoms with Crippen LogP contribution in [0.25, 0.3) is 11.4 Å². The molecule has 0 unspecified atom stereocenters. The Hall–Kier alpha value is -2.60. The van der Waals surface area contributed by atoms with E-state index in [0.717, 1.165) is 28.7 Å². The first-order valence-corrected chi connectivity index (χ1v) is 9.54. The average Bonchev–Trinajstić information content (AvgIpc) is 3.10. The van der Waals surface area contributed by atoms with Gasteiger partial charge in [0.05, 0.1) is 5.25 Å². The van der Waals surface area contributed by atoms with Crippen molar-refractivity contribution < 1.29 is 4.79 Å². The number of hydrogen-bond donors (Lipinski definition) is 1. The summed E-state index contributed by atoms with van der Waals surface area (Å²) in [6, 6.07) is 19.9. The second-order valence-corrected chi connectivity index (χ2v) is 7.19. The van der Waals surface area contributed by atoms with Crippen molar-refractivity contribution in [2.45, 2.75) is 37.3 Å². The molecule has 1 amide bonds. The van der Waals surface area contributed by atoms with Crippen LogP contribution in [0.3, 0.4) is 0 Å². The van der Waals surface area contributed by atoms with Crippen LogP contribution in [0.4, 0.5) is 0 Å². The molecular weight excluding hydrogens is 344 g/mol. The first kappa shape index (κ1) is 18.2. The normalized spacial score (nSPS) is 11.9.